The van der Waals surface area contributed by atoms with Crippen molar-refractivity contribution in [1.82, 2.24) is 10.6 Å². The molecule has 0 radical (unpaired) electrons. The van der Waals surface area contributed by atoms with Crippen molar-refractivity contribution in [3.63, 3.8) is 0 Å². The summed E-state index contributed by atoms with van der Waals surface area (Å²) in [6.07, 6.45) is 5.03. The highest BCUT2D eigenvalue weighted by atomic mass is 16.5. The monoisotopic (exact) mass is 258 g/mol. The molecule has 0 bridgehead atoms. The van der Waals surface area contributed by atoms with Crippen molar-refractivity contribution >= 4 is 5.91 Å². The van der Waals surface area contributed by atoms with Gasteiger partial charge in [-0.05, 0) is 19.8 Å². The fourth-order valence-electron chi connectivity index (χ4n) is 2.12. The third-order valence-electron chi connectivity index (χ3n) is 3.11. The normalized spacial score (nSPS) is 17.9. The summed E-state index contributed by atoms with van der Waals surface area (Å²) in [5.41, 5.74) is 0. The number of hydrogen-bond donors (Lipinski definition) is 3. The molecule has 0 heterocycles. The number of aliphatic hydroxyl groups is 1. The molecule has 5 heteroatoms. The Bertz CT molecular complexity index is 230. The summed E-state index contributed by atoms with van der Waals surface area (Å²) in [5, 5.41) is 15.5. The molecule has 1 atom stereocenters. The van der Waals surface area contributed by atoms with Gasteiger partial charge in [0.2, 0.25) is 5.91 Å². The molecule has 0 aromatic rings. The van der Waals surface area contributed by atoms with Crippen LogP contribution in [0.5, 0.6) is 0 Å². The van der Waals surface area contributed by atoms with Gasteiger partial charge in [0.1, 0.15) is 0 Å². The minimum atomic E-state index is -0.486. The number of rotatable bonds is 9. The topological polar surface area (TPSA) is 70.6 Å². The first-order valence-electron chi connectivity index (χ1n) is 6.99. The summed E-state index contributed by atoms with van der Waals surface area (Å²) >= 11 is 0. The predicted molar refractivity (Wildman–Crippen MR) is 70.4 cm³/mol. The fourth-order valence-corrected chi connectivity index (χ4v) is 2.12. The molecule has 1 unspecified atom stereocenters. The summed E-state index contributed by atoms with van der Waals surface area (Å²) in [4.78, 5) is 11.1. The van der Waals surface area contributed by atoms with Gasteiger partial charge >= 0.3 is 0 Å². The van der Waals surface area contributed by atoms with Crippen LogP contribution in [0.15, 0.2) is 0 Å². The molecule has 18 heavy (non-hydrogen) atoms. The van der Waals surface area contributed by atoms with Crippen LogP contribution in [0.3, 0.4) is 0 Å². The third-order valence-corrected chi connectivity index (χ3v) is 3.11. The van der Waals surface area contributed by atoms with Gasteiger partial charge in [-0.2, -0.15) is 0 Å². The van der Waals surface area contributed by atoms with E-state index in [1.165, 1.54) is 12.8 Å². The fraction of sp³-hybridized carbons (Fsp3) is 0.923. The van der Waals surface area contributed by atoms with Gasteiger partial charge < -0.3 is 20.5 Å². The molecule has 1 saturated carbocycles. The zero-order valence-electron chi connectivity index (χ0n) is 11.3. The molecule has 1 aliphatic rings. The molecular formula is C13H26N2O3. The van der Waals surface area contributed by atoms with Crippen molar-refractivity contribution < 1.29 is 14.6 Å². The highest BCUT2D eigenvalue weighted by molar-refractivity contribution is 5.75. The van der Waals surface area contributed by atoms with Crippen LogP contribution in [0.25, 0.3) is 0 Å². The van der Waals surface area contributed by atoms with Gasteiger partial charge in [0, 0.05) is 26.1 Å². The molecule has 0 aromatic heterocycles. The first-order valence-corrected chi connectivity index (χ1v) is 6.99. The molecule has 0 saturated heterocycles. The molecule has 1 amide bonds. The number of amides is 1. The third kappa shape index (κ3) is 6.93. The second-order valence-electron chi connectivity index (χ2n) is 4.80. The van der Waals surface area contributed by atoms with E-state index >= 15 is 0 Å². The van der Waals surface area contributed by atoms with Crippen LogP contribution in [0, 0.1) is 0 Å². The first kappa shape index (κ1) is 15.4. The SMILES string of the molecule is CCNC(=O)CCNCC(O)COC1CCCC1. The lowest BCUT2D eigenvalue weighted by Gasteiger charge is -2.15. The quantitative estimate of drug-likeness (QED) is 0.524. The molecule has 1 fully saturated rings. The summed E-state index contributed by atoms with van der Waals surface area (Å²) < 4.78 is 5.61. The first-order chi connectivity index (χ1) is 8.72. The maximum absolute atomic E-state index is 11.1. The van der Waals surface area contributed by atoms with Gasteiger partial charge in [-0.15, -0.1) is 0 Å². The number of aliphatic hydroxyl groups excluding tert-OH is 1. The van der Waals surface area contributed by atoms with Gasteiger partial charge in [-0.3, -0.25) is 4.79 Å². The minimum Gasteiger partial charge on any atom is -0.389 e. The average molecular weight is 258 g/mol. The van der Waals surface area contributed by atoms with Gasteiger partial charge in [-0.1, -0.05) is 12.8 Å². The lowest BCUT2D eigenvalue weighted by atomic mass is 10.3. The Morgan fingerprint density at radius 3 is 2.83 bits per heavy atom. The van der Waals surface area contributed by atoms with E-state index in [-0.39, 0.29) is 5.91 Å². The van der Waals surface area contributed by atoms with Gasteiger partial charge in [0.15, 0.2) is 0 Å². The van der Waals surface area contributed by atoms with Crippen molar-refractivity contribution in [3.05, 3.63) is 0 Å². The van der Waals surface area contributed by atoms with Crippen LogP contribution < -0.4 is 10.6 Å². The maximum atomic E-state index is 11.1. The Kier molecular flexibility index (Phi) is 7.96. The summed E-state index contributed by atoms with van der Waals surface area (Å²) in [6, 6.07) is 0. The van der Waals surface area contributed by atoms with E-state index in [0.717, 1.165) is 12.8 Å². The maximum Gasteiger partial charge on any atom is 0.221 e. The molecule has 3 N–H and O–H groups in total. The Balaban J connectivity index is 1.92. The highest BCUT2D eigenvalue weighted by Gasteiger charge is 2.16. The number of carbonyl (C=O) groups excluding carboxylic acids is 1. The lowest BCUT2D eigenvalue weighted by molar-refractivity contribution is -0.120. The lowest BCUT2D eigenvalue weighted by Crippen LogP contribution is -2.34. The van der Waals surface area contributed by atoms with Crippen LogP contribution >= 0.6 is 0 Å². The Morgan fingerprint density at radius 1 is 1.44 bits per heavy atom. The van der Waals surface area contributed by atoms with E-state index in [1.54, 1.807) is 0 Å². The van der Waals surface area contributed by atoms with E-state index in [4.69, 9.17) is 4.74 Å². The summed E-state index contributed by atoms with van der Waals surface area (Å²) in [7, 11) is 0. The number of nitrogens with one attached hydrogen (secondary N) is 2. The van der Waals surface area contributed by atoms with Crippen molar-refractivity contribution in [1.29, 1.82) is 0 Å². The Morgan fingerprint density at radius 2 is 2.17 bits per heavy atom. The molecule has 0 aliphatic heterocycles. The molecule has 0 spiro atoms. The van der Waals surface area contributed by atoms with Gasteiger partial charge in [0.25, 0.3) is 0 Å². The summed E-state index contributed by atoms with van der Waals surface area (Å²) in [5.74, 6) is 0.0432. The Labute approximate surface area is 109 Å². The molecule has 5 nitrogen and oxygen atoms in total. The van der Waals surface area contributed by atoms with Crippen molar-refractivity contribution in [3.8, 4) is 0 Å². The second-order valence-corrected chi connectivity index (χ2v) is 4.80. The molecule has 0 aromatic carbocycles. The van der Waals surface area contributed by atoms with E-state index < -0.39 is 6.10 Å². The second kappa shape index (κ2) is 9.30. The van der Waals surface area contributed by atoms with Gasteiger partial charge in [-0.25, -0.2) is 0 Å². The molecule has 1 aliphatic carbocycles. The van der Waals surface area contributed by atoms with E-state index in [1.807, 2.05) is 6.92 Å². The van der Waals surface area contributed by atoms with Crippen LogP contribution in [-0.2, 0) is 9.53 Å². The number of ether oxygens (including phenoxy) is 1. The zero-order valence-corrected chi connectivity index (χ0v) is 11.3. The van der Waals surface area contributed by atoms with E-state index in [9.17, 15) is 9.90 Å². The molecule has 106 valence electrons. The standard InChI is InChI=1S/C13H26N2O3/c1-2-15-13(17)7-8-14-9-11(16)10-18-12-5-3-4-6-12/h11-12,14,16H,2-10H2,1H3,(H,15,17). The van der Waals surface area contributed by atoms with Crippen molar-refractivity contribution in [2.45, 2.75) is 51.2 Å². The van der Waals surface area contributed by atoms with Crippen LogP contribution in [-0.4, -0.2) is 49.5 Å². The summed E-state index contributed by atoms with van der Waals surface area (Å²) in [6.45, 7) is 4.02. The zero-order chi connectivity index (χ0) is 13.2. The van der Waals surface area contributed by atoms with Crippen LogP contribution in [0.1, 0.15) is 39.0 Å². The van der Waals surface area contributed by atoms with E-state index in [0.29, 0.717) is 38.8 Å². The average Bonchev–Trinajstić information content (AvgIpc) is 2.85. The highest BCUT2D eigenvalue weighted by Crippen LogP contribution is 2.20. The number of carbonyl (C=O) groups is 1. The number of hydrogen-bond acceptors (Lipinski definition) is 4. The van der Waals surface area contributed by atoms with Gasteiger partial charge in [0.05, 0.1) is 18.8 Å². The van der Waals surface area contributed by atoms with Crippen molar-refractivity contribution in [2.24, 2.45) is 0 Å². The molecular weight excluding hydrogens is 232 g/mol. The van der Waals surface area contributed by atoms with E-state index in [2.05, 4.69) is 10.6 Å². The van der Waals surface area contributed by atoms with Crippen LogP contribution in [0.2, 0.25) is 0 Å². The molecule has 1 rings (SSSR count). The van der Waals surface area contributed by atoms with Crippen LogP contribution in [0.4, 0.5) is 0 Å². The smallest absolute Gasteiger partial charge is 0.221 e. The Hall–Kier alpha value is -0.650. The minimum absolute atomic E-state index is 0.0432. The van der Waals surface area contributed by atoms with Crippen molar-refractivity contribution in [2.75, 3.05) is 26.2 Å². The predicted octanol–water partition coefficient (Wildman–Crippen LogP) is 0.422. The largest absolute Gasteiger partial charge is 0.389 e.